The zero-order valence-corrected chi connectivity index (χ0v) is 22.4. The summed E-state index contributed by atoms with van der Waals surface area (Å²) in [6.07, 6.45) is 3.67. The summed E-state index contributed by atoms with van der Waals surface area (Å²) in [7, 11) is 0. The van der Waals surface area contributed by atoms with Crippen LogP contribution in [0.4, 0.5) is 22.0 Å². The van der Waals surface area contributed by atoms with E-state index in [1.165, 1.54) is 19.3 Å². The minimum absolute atomic E-state index is 0.230. The summed E-state index contributed by atoms with van der Waals surface area (Å²) < 4.78 is 0. The van der Waals surface area contributed by atoms with Crippen molar-refractivity contribution in [2.45, 2.75) is 59.9 Å². The van der Waals surface area contributed by atoms with Crippen molar-refractivity contribution in [2.24, 2.45) is 0 Å². The predicted octanol–water partition coefficient (Wildman–Crippen LogP) is 4.62. The number of aryl methyl sites for hydroxylation is 3. The molecule has 2 aliphatic heterocycles. The fraction of sp³-hybridized carbons (Fsp3) is 0.536. The molecule has 1 saturated heterocycles. The summed E-state index contributed by atoms with van der Waals surface area (Å²) in [5.41, 5.74) is 4.22. The maximum absolute atomic E-state index is 13.7. The highest BCUT2D eigenvalue weighted by molar-refractivity contribution is 6.17. The number of nitrogens with zero attached hydrogens (tertiary/aromatic N) is 4. The number of fused-ring (bicyclic) bond motifs is 2. The molecular formula is C28H40N6O2. The normalized spacial score (nSPS) is 17.9. The third-order valence-electron chi connectivity index (χ3n) is 7.40. The Balaban J connectivity index is 1.56. The maximum atomic E-state index is 13.7. The fourth-order valence-electron chi connectivity index (χ4n) is 5.39. The second-order valence-corrected chi connectivity index (χ2v) is 9.99. The molecule has 1 aromatic carbocycles. The summed E-state index contributed by atoms with van der Waals surface area (Å²) >= 11 is 0. The number of pyridine rings is 1. The Hall–Kier alpha value is -2.97. The SMILES string of the molecule is CCN(CC)CC1CCCCN1CCNC(=O)N1c2ccc(C)cc2C(=O)Nc2c(C)cc(C)nc21. The third-order valence-corrected chi connectivity index (χ3v) is 7.40. The van der Waals surface area contributed by atoms with Crippen molar-refractivity contribution in [3.05, 3.63) is 46.6 Å². The molecule has 2 N–H and O–H groups in total. The summed E-state index contributed by atoms with van der Waals surface area (Å²) in [6.45, 7) is 15.8. The van der Waals surface area contributed by atoms with E-state index >= 15 is 0 Å². The molecule has 3 amide bonds. The highest BCUT2D eigenvalue weighted by Gasteiger charge is 2.32. The number of hydrogen-bond donors (Lipinski definition) is 2. The molecule has 0 spiro atoms. The Morgan fingerprint density at radius 2 is 1.94 bits per heavy atom. The lowest BCUT2D eigenvalue weighted by atomic mass is 10.0. The molecule has 1 fully saturated rings. The number of carbonyl (C=O) groups excluding carboxylic acids is 2. The molecule has 3 heterocycles. The van der Waals surface area contributed by atoms with Gasteiger partial charge in [-0.2, -0.15) is 0 Å². The van der Waals surface area contributed by atoms with Gasteiger partial charge in [0.25, 0.3) is 5.91 Å². The average Bonchev–Trinajstić information content (AvgIpc) is 2.97. The van der Waals surface area contributed by atoms with Gasteiger partial charge in [0, 0.05) is 31.4 Å². The molecule has 8 heteroatoms. The summed E-state index contributed by atoms with van der Waals surface area (Å²) in [6, 6.07) is 7.75. The fourth-order valence-corrected chi connectivity index (χ4v) is 5.39. The Labute approximate surface area is 215 Å². The Kier molecular flexibility index (Phi) is 8.26. The van der Waals surface area contributed by atoms with Crippen LogP contribution in [0, 0.1) is 20.8 Å². The van der Waals surface area contributed by atoms with Crippen LogP contribution in [-0.4, -0.2) is 72.0 Å². The second kappa shape index (κ2) is 11.4. The van der Waals surface area contributed by atoms with Crippen LogP contribution in [0.2, 0.25) is 0 Å². The number of nitrogens with one attached hydrogen (secondary N) is 2. The lowest BCUT2D eigenvalue weighted by molar-refractivity contribution is 0.102. The van der Waals surface area contributed by atoms with Crippen LogP contribution in [0.25, 0.3) is 0 Å². The monoisotopic (exact) mass is 492 g/mol. The molecule has 1 atom stereocenters. The van der Waals surface area contributed by atoms with Gasteiger partial charge in [-0.3, -0.25) is 9.69 Å². The number of carbonyl (C=O) groups is 2. The molecule has 2 aliphatic rings. The first-order chi connectivity index (χ1) is 17.3. The van der Waals surface area contributed by atoms with E-state index in [0.717, 1.165) is 49.5 Å². The van der Waals surface area contributed by atoms with E-state index in [4.69, 9.17) is 0 Å². The van der Waals surface area contributed by atoms with Crippen molar-refractivity contribution in [1.82, 2.24) is 20.1 Å². The molecule has 2 aromatic rings. The van der Waals surface area contributed by atoms with Crippen molar-refractivity contribution >= 4 is 29.1 Å². The van der Waals surface area contributed by atoms with E-state index < -0.39 is 0 Å². The highest BCUT2D eigenvalue weighted by Crippen LogP contribution is 2.38. The third kappa shape index (κ3) is 5.55. The van der Waals surface area contributed by atoms with Crippen molar-refractivity contribution in [3.63, 3.8) is 0 Å². The van der Waals surface area contributed by atoms with Gasteiger partial charge in [0.2, 0.25) is 0 Å². The van der Waals surface area contributed by atoms with Crippen LogP contribution in [0.5, 0.6) is 0 Å². The molecule has 0 aliphatic carbocycles. The number of amides is 3. The van der Waals surface area contributed by atoms with Gasteiger partial charge in [0.05, 0.1) is 16.9 Å². The lowest BCUT2D eigenvalue weighted by Crippen LogP contribution is -2.50. The molecule has 1 unspecified atom stereocenters. The molecule has 4 rings (SSSR count). The standard InChI is InChI=1S/C28H40N6O2/c1-6-32(7-2)18-22-10-8-9-14-33(22)15-13-29-28(36)34-24-12-11-19(3)16-23(24)27(35)31-25-20(4)17-21(5)30-26(25)34/h11-12,16-17,22H,6-10,13-15,18H2,1-5H3,(H,29,36)(H,31,35). The minimum atomic E-state index is -0.271. The molecule has 1 aromatic heterocycles. The molecule has 8 nitrogen and oxygen atoms in total. The van der Waals surface area contributed by atoms with Crippen LogP contribution >= 0.6 is 0 Å². The van der Waals surface area contributed by atoms with Crippen molar-refractivity contribution in [1.29, 1.82) is 0 Å². The number of hydrogen-bond acceptors (Lipinski definition) is 5. The smallest absolute Gasteiger partial charge is 0.327 e. The molecular weight excluding hydrogens is 452 g/mol. The molecule has 36 heavy (non-hydrogen) atoms. The first kappa shape index (κ1) is 26.1. The largest absolute Gasteiger partial charge is 0.336 e. The lowest BCUT2D eigenvalue weighted by Gasteiger charge is -2.38. The zero-order valence-electron chi connectivity index (χ0n) is 22.4. The number of urea groups is 1. The van der Waals surface area contributed by atoms with Gasteiger partial charge in [-0.15, -0.1) is 0 Å². The van der Waals surface area contributed by atoms with Crippen LogP contribution in [-0.2, 0) is 0 Å². The van der Waals surface area contributed by atoms with Gasteiger partial charge in [-0.25, -0.2) is 14.7 Å². The van der Waals surface area contributed by atoms with Gasteiger partial charge in [-0.1, -0.05) is 31.9 Å². The average molecular weight is 493 g/mol. The van der Waals surface area contributed by atoms with Gasteiger partial charge in [0.15, 0.2) is 5.82 Å². The minimum Gasteiger partial charge on any atom is -0.336 e. The first-order valence-electron chi connectivity index (χ1n) is 13.3. The second-order valence-electron chi connectivity index (χ2n) is 9.99. The quantitative estimate of drug-likeness (QED) is 0.590. The zero-order chi connectivity index (χ0) is 25.8. The van der Waals surface area contributed by atoms with Gasteiger partial charge >= 0.3 is 6.03 Å². The van der Waals surface area contributed by atoms with E-state index in [-0.39, 0.29) is 11.9 Å². The number of piperidine rings is 1. The van der Waals surface area contributed by atoms with E-state index in [1.54, 1.807) is 4.90 Å². The highest BCUT2D eigenvalue weighted by atomic mass is 16.2. The van der Waals surface area contributed by atoms with Gasteiger partial charge in [-0.05, 0) is 77.0 Å². The summed E-state index contributed by atoms with van der Waals surface area (Å²) in [4.78, 5) is 38.1. The van der Waals surface area contributed by atoms with E-state index in [0.29, 0.717) is 35.3 Å². The van der Waals surface area contributed by atoms with E-state index in [1.807, 2.05) is 45.0 Å². The number of aromatic nitrogens is 1. The van der Waals surface area contributed by atoms with Crippen LogP contribution in [0.15, 0.2) is 24.3 Å². The molecule has 0 saturated carbocycles. The summed E-state index contributed by atoms with van der Waals surface area (Å²) in [5, 5.41) is 6.13. The van der Waals surface area contributed by atoms with E-state index in [9.17, 15) is 9.59 Å². The Morgan fingerprint density at radius 3 is 2.69 bits per heavy atom. The number of likely N-dealkylation sites (N-methyl/N-ethyl adjacent to an activating group) is 1. The number of anilines is 3. The van der Waals surface area contributed by atoms with Crippen molar-refractivity contribution in [3.8, 4) is 0 Å². The van der Waals surface area contributed by atoms with Crippen LogP contribution in [0.3, 0.4) is 0 Å². The predicted molar refractivity (Wildman–Crippen MR) is 145 cm³/mol. The van der Waals surface area contributed by atoms with Crippen molar-refractivity contribution in [2.75, 3.05) is 49.5 Å². The van der Waals surface area contributed by atoms with Crippen LogP contribution in [0.1, 0.15) is 60.3 Å². The van der Waals surface area contributed by atoms with Gasteiger partial charge in [0.1, 0.15) is 0 Å². The van der Waals surface area contributed by atoms with Gasteiger partial charge < -0.3 is 15.5 Å². The number of rotatable bonds is 7. The van der Waals surface area contributed by atoms with Crippen LogP contribution < -0.4 is 15.5 Å². The Bertz CT molecular complexity index is 1110. The topological polar surface area (TPSA) is 80.8 Å². The molecule has 0 bridgehead atoms. The van der Waals surface area contributed by atoms with E-state index in [2.05, 4.69) is 39.3 Å². The molecule has 194 valence electrons. The number of benzene rings is 1. The van der Waals surface area contributed by atoms with Crippen molar-refractivity contribution < 1.29 is 9.59 Å². The number of likely N-dealkylation sites (tertiary alicyclic amines) is 1. The Morgan fingerprint density at radius 1 is 1.17 bits per heavy atom. The molecule has 0 radical (unpaired) electrons. The maximum Gasteiger partial charge on any atom is 0.327 e. The summed E-state index contributed by atoms with van der Waals surface area (Å²) in [5.74, 6) is 0.227. The first-order valence-corrected chi connectivity index (χ1v) is 13.3.